The molecule has 0 spiro atoms. The molecule has 2 fully saturated rings. The Kier molecular flexibility index (Phi) is 5.56. The highest BCUT2D eigenvalue weighted by atomic mass is 127. The van der Waals surface area contributed by atoms with Gasteiger partial charge in [0.15, 0.2) is 0 Å². The van der Waals surface area contributed by atoms with E-state index in [1.807, 2.05) is 18.7 Å². The number of ether oxygens (including phenoxy) is 1. The lowest BCUT2D eigenvalue weighted by molar-refractivity contribution is 0.0309. The number of halogens is 1. The predicted octanol–water partition coefficient (Wildman–Crippen LogP) is 3.29. The molecule has 0 unspecified atom stereocenters. The highest BCUT2D eigenvalue weighted by Gasteiger charge is 2.35. The van der Waals surface area contributed by atoms with Gasteiger partial charge in [-0.25, -0.2) is 4.79 Å². The number of amides is 1. The molecule has 2 heterocycles. The van der Waals surface area contributed by atoms with Gasteiger partial charge in [0, 0.05) is 29.6 Å². The molecule has 5 heteroatoms. The summed E-state index contributed by atoms with van der Waals surface area (Å²) in [5.41, 5.74) is -0.367. The van der Waals surface area contributed by atoms with Gasteiger partial charge < -0.3 is 9.64 Å². The number of rotatable bonds is 3. The minimum Gasteiger partial charge on any atom is -0.443 e. The second kappa shape index (κ2) is 6.81. The molecule has 2 rings (SSSR count). The Labute approximate surface area is 136 Å². The summed E-state index contributed by atoms with van der Waals surface area (Å²) in [6.07, 6.45) is 4.89. The molecule has 4 nitrogen and oxygen atoms in total. The fraction of sp³-hybridized carbons (Fsp3) is 0.933. The van der Waals surface area contributed by atoms with Crippen molar-refractivity contribution in [3.8, 4) is 0 Å². The van der Waals surface area contributed by atoms with Crippen LogP contribution in [-0.4, -0.2) is 57.6 Å². The third kappa shape index (κ3) is 4.00. The van der Waals surface area contributed by atoms with Crippen LogP contribution in [0.15, 0.2) is 0 Å². The van der Waals surface area contributed by atoms with E-state index in [4.69, 9.17) is 4.74 Å². The van der Waals surface area contributed by atoms with E-state index in [-0.39, 0.29) is 11.7 Å². The molecule has 0 aromatic heterocycles. The topological polar surface area (TPSA) is 32.8 Å². The minimum atomic E-state index is -0.367. The first-order valence-electron chi connectivity index (χ1n) is 7.72. The van der Waals surface area contributed by atoms with Crippen molar-refractivity contribution in [1.29, 1.82) is 0 Å². The number of alkyl halides is 1. The Morgan fingerprint density at radius 2 is 2.05 bits per heavy atom. The molecule has 2 aliphatic rings. The number of piperidine rings is 1. The van der Waals surface area contributed by atoms with Crippen molar-refractivity contribution < 1.29 is 9.53 Å². The van der Waals surface area contributed by atoms with Crippen molar-refractivity contribution in [2.45, 2.75) is 64.1 Å². The minimum absolute atomic E-state index is 0.140. The molecule has 0 N–H and O–H groups in total. The Morgan fingerprint density at radius 1 is 1.30 bits per heavy atom. The van der Waals surface area contributed by atoms with Gasteiger partial charge in [0.25, 0.3) is 0 Å². The summed E-state index contributed by atoms with van der Waals surface area (Å²) >= 11 is 2.26. The van der Waals surface area contributed by atoms with Crippen LogP contribution in [0.3, 0.4) is 0 Å². The first-order chi connectivity index (χ1) is 9.43. The monoisotopic (exact) mass is 394 g/mol. The second-order valence-electron chi connectivity index (χ2n) is 6.73. The van der Waals surface area contributed by atoms with E-state index in [0.717, 1.165) is 23.9 Å². The lowest BCUT2D eigenvalue weighted by Crippen LogP contribution is -2.47. The second-order valence-corrected chi connectivity index (χ2v) is 7.50. The number of likely N-dealkylation sites (tertiary alicyclic amines) is 2. The summed E-state index contributed by atoms with van der Waals surface area (Å²) in [5.74, 6) is 0. The zero-order chi connectivity index (χ0) is 14.8. The first-order valence-corrected chi connectivity index (χ1v) is 9.25. The maximum absolute atomic E-state index is 12.2. The van der Waals surface area contributed by atoms with Gasteiger partial charge in [-0.3, -0.25) is 4.90 Å². The third-order valence-corrected chi connectivity index (χ3v) is 6.27. The van der Waals surface area contributed by atoms with Crippen molar-refractivity contribution >= 4 is 28.7 Å². The average Bonchev–Trinajstić information content (AvgIpc) is 2.88. The summed E-state index contributed by atoms with van der Waals surface area (Å²) in [7, 11) is 0. The maximum atomic E-state index is 12.2. The van der Waals surface area contributed by atoms with Gasteiger partial charge >= 0.3 is 6.09 Å². The van der Waals surface area contributed by atoms with Crippen LogP contribution in [0, 0.1) is 0 Å². The number of nitrogens with zero attached hydrogens (tertiary/aromatic N) is 2. The van der Waals surface area contributed by atoms with Crippen LogP contribution in [0.4, 0.5) is 4.79 Å². The Balaban J connectivity index is 1.87. The first kappa shape index (κ1) is 16.3. The molecule has 1 amide bonds. The number of hydrogen-bond donors (Lipinski definition) is 0. The van der Waals surface area contributed by atoms with Crippen molar-refractivity contribution in [2.24, 2.45) is 0 Å². The van der Waals surface area contributed by atoms with Gasteiger partial charge in [-0.1, -0.05) is 29.0 Å². The van der Waals surface area contributed by atoms with Crippen LogP contribution in [-0.2, 0) is 4.74 Å². The molecule has 0 radical (unpaired) electrons. The van der Waals surface area contributed by atoms with Crippen LogP contribution in [0.2, 0.25) is 0 Å². The Hall–Kier alpha value is -0.0400. The fourth-order valence-electron chi connectivity index (χ4n) is 3.17. The van der Waals surface area contributed by atoms with Crippen LogP contribution >= 0.6 is 22.6 Å². The van der Waals surface area contributed by atoms with E-state index in [2.05, 4.69) is 34.4 Å². The number of carbonyl (C=O) groups excluding carboxylic acids is 1. The number of hydrogen-bond acceptors (Lipinski definition) is 3. The van der Waals surface area contributed by atoms with Crippen LogP contribution in [0.1, 0.15) is 46.5 Å². The quantitative estimate of drug-likeness (QED) is 0.544. The summed E-state index contributed by atoms with van der Waals surface area (Å²) in [4.78, 5) is 16.7. The predicted molar refractivity (Wildman–Crippen MR) is 89.4 cm³/mol. The normalized spacial score (nSPS) is 28.7. The highest BCUT2D eigenvalue weighted by molar-refractivity contribution is 14.1. The summed E-state index contributed by atoms with van der Waals surface area (Å²) in [5, 5.41) is 0. The van der Waals surface area contributed by atoms with E-state index in [1.54, 1.807) is 0 Å². The van der Waals surface area contributed by atoms with E-state index >= 15 is 0 Å². The van der Waals surface area contributed by atoms with Crippen molar-refractivity contribution in [3.63, 3.8) is 0 Å². The molecular weight excluding hydrogens is 367 g/mol. The van der Waals surface area contributed by atoms with Crippen LogP contribution in [0.25, 0.3) is 0 Å². The molecule has 0 saturated carbocycles. The van der Waals surface area contributed by atoms with Gasteiger partial charge in [0.2, 0.25) is 0 Å². The van der Waals surface area contributed by atoms with E-state index in [1.165, 1.54) is 25.8 Å². The summed E-state index contributed by atoms with van der Waals surface area (Å²) < 4.78 is 6.41. The largest absolute Gasteiger partial charge is 0.443 e. The molecule has 2 saturated heterocycles. The van der Waals surface area contributed by atoms with Gasteiger partial charge in [0.1, 0.15) is 5.60 Å². The standard InChI is InChI=1S/C15H27IN2O2/c1-12-6-4-5-8-18(12)13-7-9-17(10-13)14(19)20-15(2,3)11-16/h12-13H,4-11H2,1-3H3/t12-,13-/m0/s1. The molecule has 2 aliphatic heterocycles. The van der Waals surface area contributed by atoms with Gasteiger partial charge in [0.05, 0.1) is 0 Å². The third-order valence-electron chi connectivity index (χ3n) is 4.43. The van der Waals surface area contributed by atoms with Gasteiger partial charge in [-0.05, 0) is 46.6 Å². The zero-order valence-electron chi connectivity index (χ0n) is 12.9. The molecule has 0 bridgehead atoms. The van der Waals surface area contributed by atoms with E-state index in [9.17, 15) is 4.79 Å². The van der Waals surface area contributed by atoms with Crippen molar-refractivity contribution in [1.82, 2.24) is 9.80 Å². The van der Waals surface area contributed by atoms with E-state index in [0.29, 0.717) is 12.1 Å². The molecule has 116 valence electrons. The Bertz CT molecular complexity index is 349. The lowest BCUT2D eigenvalue weighted by atomic mass is 10.0. The zero-order valence-corrected chi connectivity index (χ0v) is 15.1. The Morgan fingerprint density at radius 3 is 2.70 bits per heavy atom. The maximum Gasteiger partial charge on any atom is 0.410 e. The fourth-order valence-corrected chi connectivity index (χ4v) is 3.33. The number of carbonyl (C=O) groups is 1. The SMILES string of the molecule is C[C@H]1CCCCN1[C@H]1CCN(C(=O)OC(C)(C)CI)C1. The van der Waals surface area contributed by atoms with E-state index < -0.39 is 0 Å². The van der Waals surface area contributed by atoms with Crippen LogP contribution in [0.5, 0.6) is 0 Å². The molecule has 0 aromatic rings. The molecule has 2 atom stereocenters. The van der Waals surface area contributed by atoms with Crippen molar-refractivity contribution in [2.75, 3.05) is 24.1 Å². The molecule has 20 heavy (non-hydrogen) atoms. The highest BCUT2D eigenvalue weighted by Crippen LogP contribution is 2.25. The van der Waals surface area contributed by atoms with Crippen LogP contribution < -0.4 is 0 Å². The molecule has 0 aliphatic carbocycles. The summed E-state index contributed by atoms with van der Waals surface area (Å²) in [6, 6.07) is 1.19. The van der Waals surface area contributed by atoms with Crippen molar-refractivity contribution in [3.05, 3.63) is 0 Å². The lowest BCUT2D eigenvalue weighted by Gasteiger charge is -2.38. The van der Waals surface area contributed by atoms with Gasteiger partial charge in [-0.2, -0.15) is 0 Å². The molecule has 0 aromatic carbocycles. The smallest absolute Gasteiger partial charge is 0.410 e. The van der Waals surface area contributed by atoms with Gasteiger partial charge in [-0.15, -0.1) is 0 Å². The molecular formula is C15H27IN2O2. The summed E-state index contributed by atoms with van der Waals surface area (Å²) in [6.45, 7) is 9.12. The average molecular weight is 394 g/mol.